The fourth-order valence-electron chi connectivity index (χ4n) is 3.07. The van der Waals surface area contributed by atoms with Crippen LogP contribution in [0, 0.1) is 5.92 Å². The van der Waals surface area contributed by atoms with Crippen LogP contribution in [0.3, 0.4) is 0 Å². The normalized spacial score (nSPS) is 15.9. The molecule has 5 heteroatoms. The second-order valence-electron chi connectivity index (χ2n) is 6.23. The highest BCUT2D eigenvalue weighted by atomic mass is 32.2. The number of amides is 1. The average Bonchev–Trinajstić information content (AvgIpc) is 2.66. The van der Waals surface area contributed by atoms with E-state index in [4.69, 9.17) is 9.47 Å². The second kappa shape index (κ2) is 7.83. The lowest BCUT2D eigenvalue weighted by Gasteiger charge is -2.28. The number of rotatable bonds is 5. The highest BCUT2D eigenvalue weighted by Crippen LogP contribution is 2.31. The number of hydrogen-bond acceptors (Lipinski definition) is 4. The molecule has 0 saturated carbocycles. The zero-order valence-corrected chi connectivity index (χ0v) is 15.6. The molecule has 0 radical (unpaired) electrons. The Morgan fingerprint density at radius 1 is 1.32 bits per heavy atom. The number of carbonyl (C=O) groups excluding carboxylic acids is 1. The highest BCUT2D eigenvalue weighted by Gasteiger charge is 2.28. The molecule has 25 heavy (non-hydrogen) atoms. The Labute approximate surface area is 153 Å². The minimum absolute atomic E-state index is 0.121. The fourth-order valence-corrected chi connectivity index (χ4v) is 3.56. The Balaban J connectivity index is 1.66. The van der Waals surface area contributed by atoms with Gasteiger partial charge < -0.3 is 14.4 Å². The van der Waals surface area contributed by atoms with E-state index in [0.717, 1.165) is 22.6 Å². The third-order valence-corrected chi connectivity index (χ3v) is 5.19. The van der Waals surface area contributed by atoms with Gasteiger partial charge in [0.05, 0.1) is 13.0 Å². The number of methoxy groups -OCH3 is 1. The molecule has 2 aromatic carbocycles. The molecular weight excluding hydrogens is 334 g/mol. The topological polar surface area (TPSA) is 38.8 Å². The quantitative estimate of drug-likeness (QED) is 0.766. The lowest BCUT2D eigenvalue weighted by Crippen LogP contribution is -2.38. The van der Waals surface area contributed by atoms with Gasteiger partial charge in [-0.05, 0) is 42.0 Å². The number of fused-ring (bicyclic) bond motifs is 1. The van der Waals surface area contributed by atoms with E-state index in [-0.39, 0.29) is 11.8 Å². The van der Waals surface area contributed by atoms with Gasteiger partial charge in [-0.1, -0.05) is 18.2 Å². The molecule has 0 fully saturated rings. The van der Waals surface area contributed by atoms with E-state index in [9.17, 15) is 4.79 Å². The Morgan fingerprint density at radius 3 is 2.92 bits per heavy atom. The molecule has 1 amide bonds. The second-order valence-corrected chi connectivity index (χ2v) is 7.11. The highest BCUT2D eigenvalue weighted by molar-refractivity contribution is 7.98. The molecule has 1 heterocycles. The summed E-state index contributed by atoms with van der Waals surface area (Å²) in [4.78, 5) is 15.8. The van der Waals surface area contributed by atoms with Gasteiger partial charge in [0.1, 0.15) is 18.1 Å². The Hall–Kier alpha value is -2.14. The first-order valence-corrected chi connectivity index (χ1v) is 9.51. The van der Waals surface area contributed by atoms with Crippen molar-refractivity contribution in [1.29, 1.82) is 0 Å². The summed E-state index contributed by atoms with van der Waals surface area (Å²) in [5.74, 6) is 1.57. The molecule has 0 spiro atoms. The van der Waals surface area contributed by atoms with Crippen LogP contribution >= 0.6 is 11.8 Å². The molecule has 0 aromatic heterocycles. The number of benzene rings is 2. The number of ether oxygens (including phenoxy) is 2. The minimum atomic E-state index is -0.144. The van der Waals surface area contributed by atoms with Crippen molar-refractivity contribution in [2.24, 2.45) is 5.92 Å². The van der Waals surface area contributed by atoms with Crippen LogP contribution in [-0.4, -0.2) is 37.8 Å². The van der Waals surface area contributed by atoms with Gasteiger partial charge in [0, 0.05) is 24.6 Å². The van der Waals surface area contributed by atoms with E-state index in [2.05, 4.69) is 24.5 Å². The molecule has 1 aliphatic heterocycles. The average molecular weight is 357 g/mol. The summed E-state index contributed by atoms with van der Waals surface area (Å²) in [7, 11) is 3.50. The van der Waals surface area contributed by atoms with Gasteiger partial charge in [-0.2, -0.15) is 0 Å². The molecule has 0 N–H and O–H groups in total. The van der Waals surface area contributed by atoms with E-state index >= 15 is 0 Å². The van der Waals surface area contributed by atoms with Crippen molar-refractivity contribution in [1.82, 2.24) is 4.90 Å². The lowest BCUT2D eigenvalue weighted by atomic mass is 9.95. The number of carbonyl (C=O) groups is 1. The monoisotopic (exact) mass is 357 g/mol. The third-order valence-electron chi connectivity index (χ3n) is 4.46. The summed E-state index contributed by atoms with van der Waals surface area (Å²) in [6.45, 7) is 1.02. The van der Waals surface area contributed by atoms with Crippen molar-refractivity contribution < 1.29 is 14.3 Å². The number of hydrogen-bond donors (Lipinski definition) is 0. The lowest BCUT2D eigenvalue weighted by molar-refractivity contribution is -0.136. The van der Waals surface area contributed by atoms with Crippen molar-refractivity contribution in [3.63, 3.8) is 0 Å². The van der Waals surface area contributed by atoms with Crippen molar-refractivity contribution >= 4 is 17.7 Å². The van der Waals surface area contributed by atoms with E-state index in [1.165, 1.54) is 4.90 Å². The largest absolute Gasteiger partial charge is 0.497 e. The molecule has 2 aromatic rings. The summed E-state index contributed by atoms with van der Waals surface area (Å²) >= 11 is 1.71. The van der Waals surface area contributed by atoms with Crippen LogP contribution in [0.1, 0.15) is 11.1 Å². The van der Waals surface area contributed by atoms with Crippen LogP contribution in [-0.2, 0) is 17.8 Å². The molecule has 0 unspecified atom stereocenters. The zero-order valence-electron chi connectivity index (χ0n) is 14.8. The van der Waals surface area contributed by atoms with Gasteiger partial charge in [0.15, 0.2) is 0 Å². The zero-order chi connectivity index (χ0) is 17.8. The fraction of sp³-hybridized carbons (Fsp3) is 0.350. The van der Waals surface area contributed by atoms with E-state index in [1.54, 1.807) is 23.8 Å². The van der Waals surface area contributed by atoms with Gasteiger partial charge in [-0.15, -0.1) is 11.8 Å². The van der Waals surface area contributed by atoms with Crippen LogP contribution in [0.4, 0.5) is 0 Å². The third kappa shape index (κ3) is 4.10. The maximum atomic E-state index is 12.8. The molecule has 0 saturated heterocycles. The van der Waals surface area contributed by atoms with Crippen molar-refractivity contribution in [2.75, 3.05) is 27.0 Å². The summed E-state index contributed by atoms with van der Waals surface area (Å²) in [5, 5.41) is 0. The molecule has 1 aliphatic rings. The van der Waals surface area contributed by atoms with Crippen molar-refractivity contribution in [3.05, 3.63) is 53.6 Å². The van der Waals surface area contributed by atoms with Crippen LogP contribution in [0.5, 0.6) is 11.5 Å². The molecule has 1 atom stereocenters. The SMILES string of the molecule is COc1ccc2c(c1)OC[C@@H](C(=O)N(C)Cc1cccc(SC)c1)C2. The van der Waals surface area contributed by atoms with Crippen LogP contribution < -0.4 is 9.47 Å². The summed E-state index contributed by atoms with van der Waals surface area (Å²) in [5.41, 5.74) is 2.20. The molecule has 0 bridgehead atoms. The number of thioether (sulfide) groups is 1. The Bertz CT molecular complexity index is 762. The van der Waals surface area contributed by atoms with Crippen LogP contribution in [0.25, 0.3) is 0 Å². The van der Waals surface area contributed by atoms with Gasteiger partial charge in [0.2, 0.25) is 5.91 Å². The van der Waals surface area contributed by atoms with Crippen LogP contribution in [0.2, 0.25) is 0 Å². The maximum absolute atomic E-state index is 12.8. The van der Waals surface area contributed by atoms with E-state index < -0.39 is 0 Å². The predicted molar refractivity (Wildman–Crippen MR) is 100 cm³/mol. The van der Waals surface area contributed by atoms with E-state index in [0.29, 0.717) is 19.6 Å². The first-order chi connectivity index (χ1) is 12.1. The van der Waals surface area contributed by atoms with Crippen molar-refractivity contribution in [2.45, 2.75) is 17.9 Å². The number of nitrogens with zero attached hydrogens (tertiary/aromatic N) is 1. The summed E-state index contributed by atoms with van der Waals surface area (Å²) in [6.07, 6.45) is 2.76. The van der Waals surface area contributed by atoms with Crippen LogP contribution in [0.15, 0.2) is 47.4 Å². The van der Waals surface area contributed by atoms with Gasteiger partial charge in [0.25, 0.3) is 0 Å². The minimum Gasteiger partial charge on any atom is -0.497 e. The first kappa shape index (κ1) is 17.7. The first-order valence-electron chi connectivity index (χ1n) is 8.28. The van der Waals surface area contributed by atoms with Gasteiger partial charge in [-0.3, -0.25) is 4.79 Å². The Kier molecular flexibility index (Phi) is 5.53. The molecule has 0 aliphatic carbocycles. The Morgan fingerprint density at radius 2 is 2.16 bits per heavy atom. The molecular formula is C20H23NO3S. The standard InChI is InChI=1S/C20H23NO3S/c1-21(12-14-5-4-6-18(9-14)25-3)20(22)16-10-15-7-8-17(23-2)11-19(15)24-13-16/h4-9,11,16H,10,12-13H2,1-3H3/t16-/m0/s1. The molecule has 3 rings (SSSR count). The summed E-state index contributed by atoms with van der Waals surface area (Å²) < 4.78 is 11.0. The summed E-state index contributed by atoms with van der Waals surface area (Å²) in [6, 6.07) is 14.1. The molecule has 4 nitrogen and oxygen atoms in total. The predicted octanol–water partition coefficient (Wildman–Crippen LogP) is 3.63. The molecule has 132 valence electrons. The van der Waals surface area contributed by atoms with Crippen molar-refractivity contribution in [3.8, 4) is 11.5 Å². The van der Waals surface area contributed by atoms with E-state index in [1.807, 2.05) is 31.3 Å². The van der Waals surface area contributed by atoms with Gasteiger partial charge in [-0.25, -0.2) is 0 Å². The maximum Gasteiger partial charge on any atom is 0.229 e. The van der Waals surface area contributed by atoms with Gasteiger partial charge >= 0.3 is 0 Å². The smallest absolute Gasteiger partial charge is 0.229 e.